The normalized spacial score (nSPS) is 22.1. The van der Waals surface area contributed by atoms with E-state index in [0.717, 1.165) is 16.7 Å². The number of cyclic esters (lactones) is 1. The molecule has 0 bridgehead atoms. The van der Waals surface area contributed by atoms with Crippen molar-refractivity contribution < 1.29 is 42.8 Å². The third kappa shape index (κ3) is 4.00. The average molecular weight is 498 g/mol. The molecule has 2 heterocycles. The number of fused-ring (bicyclic) bond motifs is 3. The number of rotatable bonds is 6. The Labute approximate surface area is 206 Å². The number of hydrogen-bond donors (Lipinski definition) is 2. The lowest BCUT2D eigenvalue weighted by Gasteiger charge is -2.34. The second-order valence-corrected chi connectivity index (χ2v) is 8.91. The molecule has 2 amide bonds. The molecular formula is C25H26N2O9. The van der Waals surface area contributed by atoms with Gasteiger partial charge in [-0.2, -0.15) is 0 Å². The first-order chi connectivity index (χ1) is 17.3. The predicted molar refractivity (Wildman–Crippen MR) is 123 cm³/mol. The van der Waals surface area contributed by atoms with Gasteiger partial charge in [0, 0.05) is 11.8 Å². The SMILES string of the molecule is COc1cc([C@@H]2c3cc4c(cc3C[C@H]3COC(=O)[C@@H]32)OCO4)cc(OC)c1OC(=O)N[C@@H](C)C(N)=O. The Morgan fingerprint density at radius 2 is 1.72 bits per heavy atom. The third-order valence-electron chi connectivity index (χ3n) is 6.83. The standard InChI is InChI=1S/C25H26N2O9/c1-11(23(26)28)27-25(30)36-22-18(31-2)6-13(7-19(22)32-3)20-15-8-17-16(34-10-35-17)5-12(15)4-14-9-33-24(29)21(14)20/h5-8,11,14,20-21H,4,9-10H2,1-3H3,(H2,26,28)(H,27,30)/t11-,14-,20+,21-/m0/s1. The third-order valence-corrected chi connectivity index (χ3v) is 6.83. The number of benzene rings is 2. The number of nitrogens with one attached hydrogen (secondary N) is 1. The number of carbonyl (C=O) groups is 3. The van der Waals surface area contributed by atoms with E-state index >= 15 is 0 Å². The number of carbonyl (C=O) groups excluding carboxylic acids is 3. The van der Waals surface area contributed by atoms with Crippen molar-refractivity contribution in [3.63, 3.8) is 0 Å². The monoisotopic (exact) mass is 498 g/mol. The second-order valence-electron chi connectivity index (χ2n) is 8.91. The molecule has 2 aromatic carbocycles. The summed E-state index contributed by atoms with van der Waals surface area (Å²) in [5.74, 6) is -0.0717. The maximum Gasteiger partial charge on any atom is 0.413 e. The van der Waals surface area contributed by atoms with Gasteiger partial charge in [0.15, 0.2) is 23.0 Å². The van der Waals surface area contributed by atoms with Crippen LogP contribution in [-0.4, -0.2) is 51.6 Å². The van der Waals surface area contributed by atoms with Gasteiger partial charge in [-0.25, -0.2) is 4.79 Å². The Bertz CT molecular complexity index is 1220. The average Bonchev–Trinajstić information content (AvgIpc) is 3.47. The van der Waals surface area contributed by atoms with Crippen LogP contribution in [0.25, 0.3) is 0 Å². The molecule has 0 unspecified atom stereocenters. The van der Waals surface area contributed by atoms with Gasteiger partial charge in [0.05, 0.1) is 26.7 Å². The first-order valence-electron chi connectivity index (χ1n) is 11.4. The fraction of sp³-hybridized carbons (Fsp3) is 0.400. The minimum Gasteiger partial charge on any atom is -0.493 e. The van der Waals surface area contributed by atoms with Gasteiger partial charge < -0.3 is 39.5 Å². The van der Waals surface area contributed by atoms with E-state index in [2.05, 4.69) is 5.32 Å². The molecule has 190 valence electrons. The lowest BCUT2D eigenvalue weighted by Crippen LogP contribution is -2.43. The zero-order valence-corrected chi connectivity index (χ0v) is 20.0. The summed E-state index contributed by atoms with van der Waals surface area (Å²) in [6.07, 6.45) is -0.229. The molecule has 4 atom stereocenters. The molecule has 11 nitrogen and oxygen atoms in total. The molecule has 2 aliphatic heterocycles. The van der Waals surface area contributed by atoms with Crippen LogP contribution in [0.5, 0.6) is 28.7 Å². The van der Waals surface area contributed by atoms with Crippen molar-refractivity contribution in [1.82, 2.24) is 5.32 Å². The summed E-state index contributed by atoms with van der Waals surface area (Å²) in [5.41, 5.74) is 7.89. The second kappa shape index (κ2) is 9.14. The van der Waals surface area contributed by atoms with Gasteiger partial charge in [-0.1, -0.05) is 0 Å². The maximum atomic E-state index is 12.9. The van der Waals surface area contributed by atoms with E-state index in [1.165, 1.54) is 21.1 Å². The van der Waals surface area contributed by atoms with Gasteiger partial charge in [-0.05, 0) is 54.3 Å². The molecule has 1 aliphatic carbocycles. The van der Waals surface area contributed by atoms with E-state index in [0.29, 0.717) is 24.5 Å². The Kier molecular flexibility index (Phi) is 5.99. The van der Waals surface area contributed by atoms with Crippen LogP contribution in [0, 0.1) is 11.8 Å². The van der Waals surface area contributed by atoms with Crippen LogP contribution < -0.4 is 34.7 Å². The minimum absolute atomic E-state index is 0.00986. The van der Waals surface area contributed by atoms with Crippen LogP contribution in [0.15, 0.2) is 24.3 Å². The van der Waals surface area contributed by atoms with E-state index in [1.54, 1.807) is 12.1 Å². The lowest BCUT2D eigenvalue weighted by molar-refractivity contribution is -0.141. The molecule has 5 rings (SSSR count). The molecule has 36 heavy (non-hydrogen) atoms. The Hall–Kier alpha value is -4.15. The fourth-order valence-corrected chi connectivity index (χ4v) is 5.05. The van der Waals surface area contributed by atoms with E-state index in [1.807, 2.05) is 12.1 Å². The highest BCUT2D eigenvalue weighted by Crippen LogP contribution is 2.52. The van der Waals surface area contributed by atoms with Crippen LogP contribution >= 0.6 is 0 Å². The molecule has 0 saturated carbocycles. The highest BCUT2D eigenvalue weighted by molar-refractivity contribution is 5.85. The number of amides is 2. The van der Waals surface area contributed by atoms with E-state index in [4.69, 9.17) is 34.2 Å². The summed E-state index contributed by atoms with van der Waals surface area (Å²) < 4.78 is 33.1. The molecule has 1 saturated heterocycles. The number of primary amides is 1. The molecule has 11 heteroatoms. The molecule has 0 spiro atoms. The fourth-order valence-electron chi connectivity index (χ4n) is 5.05. The maximum absolute atomic E-state index is 12.9. The van der Waals surface area contributed by atoms with Crippen molar-refractivity contribution in [1.29, 1.82) is 0 Å². The van der Waals surface area contributed by atoms with Gasteiger partial charge in [-0.15, -0.1) is 0 Å². The molecule has 3 N–H and O–H groups in total. The highest BCUT2D eigenvalue weighted by Gasteiger charge is 2.48. The highest BCUT2D eigenvalue weighted by atomic mass is 16.7. The smallest absolute Gasteiger partial charge is 0.413 e. The van der Waals surface area contributed by atoms with Crippen molar-refractivity contribution in [2.24, 2.45) is 17.6 Å². The van der Waals surface area contributed by atoms with Crippen molar-refractivity contribution in [3.05, 3.63) is 41.0 Å². The van der Waals surface area contributed by atoms with E-state index < -0.39 is 24.0 Å². The van der Waals surface area contributed by atoms with Gasteiger partial charge in [-0.3, -0.25) is 9.59 Å². The van der Waals surface area contributed by atoms with Crippen molar-refractivity contribution in [2.45, 2.75) is 25.3 Å². The van der Waals surface area contributed by atoms with E-state index in [-0.39, 0.29) is 41.8 Å². The quantitative estimate of drug-likeness (QED) is 0.570. The van der Waals surface area contributed by atoms with Crippen molar-refractivity contribution in [3.8, 4) is 28.7 Å². The summed E-state index contributed by atoms with van der Waals surface area (Å²) in [5, 5.41) is 2.35. The first-order valence-corrected chi connectivity index (χ1v) is 11.4. The van der Waals surface area contributed by atoms with Crippen LogP contribution in [0.1, 0.15) is 29.5 Å². The van der Waals surface area contributed by atoms with Crippen LogP contribution in [0.3, 0.4) is 0 Å². The molecule has 1 fully saturated rings. The summed E-state index contributed by atoms with van der Waals surface area (Å²) in [6.45, 7) is 1.91. The van der Waals surface area contributed by atoms with Gasteiger partial charge in [0.25, 0.3) is 0 Å². The number of hydrogen-bond acceptors (Lipinski definition) is 9. The zero-order chi connectivity index (χ0) is 25.6. The number of methoxy groups -OCH3 is 2. The first kappa shape index (κ1) is 23.6. The number of ether oxygens (including phenoxy) is 6. The number of esters is 1. The predicted octanol–water partition coefficient (Wildman–Crippen LogP) is 1.87. The molecule has 0 radical (unpaired) electrons. The van der Waals surface area contributed by atoms with Crippen LogP contribution in [0.2, 0.25) is 0 Å². The number of nitrogens with two attached hydrogens (primary N) is 1. The summed E-state index contributed by atoms with van der Waals surface area (Å²) >= 11 is 0. The van der Waals surface area contributed by atoms with Gasteiger partial charge in [0.1, 0.15) is 6.04 Å². The Balaban J connectivity index is 1.57. The van der Waals surface area contributed by atoms with Crippen LogP contribution in [0.4, 0.5) is 4.79 Å². The summed E-state index contributed by atoms with van der Waals surface area (Å²) in [6, 6.07) is 6.34. The van der Waals surface area contributed by atoms with Gasteiger partial charge in [0.2, 0.25) is 18.4 Å². The molecule has 0 aromatic heterocycles. The summed E-state index contributed by atoms with van der Waals surface area (Å²) in [7, 11) is 2.85. The van der Waals surface area contributed by atoms with Crippen molar-refractivity contribution in [2.75, 3.05) is 27.6 Å². The minimum atomic E-state index is -0.939. The Morgan fingerprint density at radius 3 is 2.36 bits per heavy atom. The molecular weight excluding hydrogens is 472 g/mol. The Morgan fingerprint density at radius 1 is 1.06 bits per heavy atom. The largest absolute Gasteiger partial charge is 0.493 e. The molecule has 2 aromatic rings. The van der Waals surface area contributed by atoms with E-state index in [9.17, 15) is 14.4 Å². The van der Waals surface area contributed by atoms with Gasteiger partial charge >= 0.3 is 12.1 Å². The zero-order valence-electron chi connectivity index (χ0n) is 20.0. The lowest BCUT2D eigenvalue weighted by atomic mass is 9.67. The topological polar surface area (TPSA) is 145 Å². The van der Waals surface area contributed by atoms with Crippen LogP contribution in [-0.2, 0) is 20.7 Å². The van der Waals surface area contributed by atoms with Crippen molar-refractivity contribution >= 4 is 18.0 Å². The summed E-state index contributed by atoms with van der Waals surface area (Å²) in [4.78, 5) is 36.5. The molecule has 3 aliphatic rings.